The molecule has 0 spiro atoms. The van der Waals surface area contributed by atoms with Crippen LogP contribution in [-0.2, 0) is 20.7 Å². The minimum atomic E-state index is -1.19. The lowest BCUT2D eigenvalue weighted by Crippen LogP contribution is -2.51. The predicted molar refractivity (Wildman–Crippen MR) is 154 cm³/mol. The summed E-state index contributed by atoms with van der Waals surface area (Å²) in [7, 11) is 0. The Balaban J connectivity index is 2.03. The number of carbonyl (C=O) groups is 3. The molecule has 3 aromatic rings. The highest BCUT2D eigenvalue weighted by Gasteiger charge is 2.36. The molecule has 3 N–H and O–H groups in total. The van der Waals surface area contributed by atoms with Gasteiger partial charge in [0.25, 0.3) is 11.8 Å². The van der Waals surface area contributed by atoms with E-state index in [9.17, 15) is 19.5 Å². The number of aromatic hydroxyl groups is 1. The van der Waals surface area contributed by atoms with E-state index in [0.717, 1.165) is 16.0 Å². The first-order chi connectivity index (χ1) is 18.9. The Kier molecular flexibility index (Phi) is 9.57. The van der Waals surface area contributed by atoms with Crippen molar-refractivity contribution in [1.82, 2.24) is 10.2 Å². The molecule has 2 unspecified atom stereocenters. The maximum absolute atomic E-state index is 14.1. The van der Waals surface area contributed by atoms with Crippen LogP contribution in [0, 0.1) is 26.3 Å². The lowest BCUT2D eigenvalue weighted by Gasteiger charge is -2.31. The summed E-state index contributed by atoms with van der Waals surface area (Å²) in [5.41, 5.74) is 2.58. The summed E-state index contributed by atoms with van der Waals surface area (Å²) < 4.78 is 5.40. The van der Waals surface area contributed by atoms with Gasteiger partial charge < -0.3 is 20.5 Å². The van der Waals surface area contributed by atoms with Crippen molar-refractivity contribution in [3.8, 4) is 18.2 Å². The van der Waals surface area contributed by atoms with E-state index in [0.29, 0.717) is 16.8 Å². The Morgan fingerprint density at radius 1 is 0.950 bits per heavy atom. The number of hydrogen-bond donors (Lipinski definition) is 3. The van der Waals surface area contributed by atoms with Gasteiger partial charge >= 0.3 is 6.09 Å². The van der Waals surface area contributed by atoms with Crippen molar-refractivity contribution in [2.75, 3.05) is 5.32 Å². The van der Waals surface area contributed by atoms with E-state index in [4.69, 9.17) is 11.2 Å². The smallest absolute Gasteiger partial charge is 0.408 e. The Hall–Kier alpha value is -4.77. The fourth-order valence-electron chi connectivity index (χ4n) is 4.16. The molecule has 8 heteroatoms. The second-order valence-corrected chi connectivity index (χ2v) is 10.5. The minimum Gasteiger partial charge on any atom is -0.508 e. The first-order valence-electron chi connectivity index (χ1n) is 12.9. The van der Waals surface area contributed by atoms with Gasteiger partial charge in [-0.3, -0.25) is 14.5 Å². The Bertz CT molecular complexity index is 1400. The van der Waals surface area contributed by atoms with Crippen LogP contribution in [0.25, 0.3) is 0 Å². The van der Waals surface area contributed by atoms with Crippen LogP contribution in [0.3, 0.4) is 0 Å². The molecule has 0 radical (unpaired) electrons. The van der Waals surface area contributed by atoms with Crippen molar-refractivity contribution in [3.63, 3.8) is 0 Å². The summed E-state index contributed by atoms with van der Waals surface area (Å²) in [4.78, 5) is 41.7. The maximum atomic E-state index is 14.1. The third-order valence-electron chi connectivity index (χ3n) is 6.13. The van der Waals surface area contributed by atoms with Crippen LogP contribution in [0.4, 0.5) is 10.5 Å². The van der Waals surface area contributed by atoms with Gasteiger partial charge in [-0.25, -0.2) is 4.79 Å². The monoisotopic (exact) mass is 541 g/mol. The molecule has 0 aliphatic carbocycles. The molecule has 208 valence electrons. The lowest BCUT2D eigenvalue weighted by atomic mass is 9.97. The van der Waals surface area contributed by atoms with Crippen molar-refractivity contribution >= 4 is 23.6 Å². The van der Waals surface area contributed by atoms with Crippen molar-refractivity contribution in [2.24, 2.45) is 0 Å². The lowest BCUT2D eigenvalue weighted by molar-refractivity contribution is -0.136. The Morgan fingerprint density at radius 3 is 2.12 bits per heavy atom. The van der Waals surface area contributed by atoms with E-state index in [1.807, 2.05) is 38.1 Å². The van der Waals surface area contributed by atoms with E-state index < -0.39 is 35.6 Å². The molecule has 0 fully saturated rings. The number of nitrogens with one attached hydrogen (secondary N) is 2. The fraction of sp³-hybridized carbons (Fsp3) is 0.281. The van der Waals surface area contributed by atoms with E-state index in [1.165, 1.54) is 12.1 Å². The molecule has 40 heavy (non-hydrogen) atoms. The molecular weight excluding hydrogens is 506 g/mol. The van der Waals surface area contributed by atoms with Crippen LogP contribution >= 0.6 is 0 Å². The zero-order chi connectivity index (χ0) is 29.4. The normalized spacial score (nSPS) is 12.4. The number of aryl methyl sites for hydroxylation is 2. The molecular formula is C32H35N3O5. The van der Waals surface area contributed by atoms with Gasteiger partial charge in [-0.15, -0.1) is 0 Å². The molecule has 0 bridgehead atoms. The highest BCUT2D eigenvalue weighted by Crippen LogP contribution is 2.27. The Morgan fingerprint density at radius 2 is 1.55 bits per heavy atom. The number of nitrogens with zero attached hydrogens (tertiary/aromatic N) is 1. The van der Waals surface area contributed by atoms with Crippen LogP contribution < -0.4 is 10.6 Å². The molecule has 0 aliphatic heterocycles. The number of terminal acetylenes is 1. The fourth-order valence-corrected chi connectivity index (χ4v) is 4.16. The summed E-state index contributed by atoms with van der Waals surface area (Å²) in [5, 5.41) is 15.2. The maximum Gasteiger partial charge on any atom is 0.408 e. The van der Waals surface area contributed by atoms with Crippen molar-refractivity contribution in [1.29, 1.82) is 0 Å². The molecule has 0 aromatic heterocycles. The minimum absolute atomic E-state index is 0.0381. The third kappa shape index (κ3) is 7.87. The van der Waals surface area contributed by atoms with Gasteiger partial charge in [-0.05, 0) is 75.1 Å². The molecule has 3 amide bonds. The number of benzene rings is 3. The second kappa shape index (κ2) is 12.9. The topological polar surface area (TPSA) is 108 Å². The average Bonchev–Trinajstić information content (AvgIpc) is 2.88. The van der Waals surface area contributed by atoms with Gasteiger partial charge in [0, 0.05) is 18.2 Å². The third-order valence-corrected chi connectivity index (χ3v) is 6.13. The van der Waals surface area contributed by atoms with Crippen LogP contribution in [0.5, 0.6) is 5.75 Å². The van der Waals surface area contributed by atoms with Crippen LogP contribution in [0.1, 0.15) is 49.1 Å². The molecule has 3 aromatic carbocycles. The number of anilines is 1. The molecule has 0 saturated heterocycles. The number of rotatable bonds is 8. The van der Waals surface area contributed by atoms with E-state index in [1.54, 1.807) is 57.2 Å². The van der Waals surface area contributed by atoms with Gasteiger partial charge in [0.1, 0.15) is 23.4 Å². The van der Waals surface area contributed by atoms with E-state index in [-0.39, 0.29) is 12.2 Å². The average molecular weight is 542 g/mol. The first-order valence-corrected chi connectivity index (χ1v) is 12.9. The van der Waals surface area contributed by atoms with Gasteiger partial charge in [0.15, 0.2) is 0 Å². The van der Waals surface area contributed by atoms with Crippen molar-refractivity contribution in [2.45, 2.75) is 58.7 Å². The zero-order valence-electron chi connectivity index (χ0n) is 23.4. The first kappa shape index (κ1) is 29.8. The van der Waals surface area contributed by atoms with Crippen molar-refractivity contribution in [3.05, 3.63) is 95.1 Å². The molecule has 0 heterocycles. The number of amides is 3. The predicted octanol–water partition coefficient (Wildman–Crippen LogP) is 5.24. The number of ether oxygens (including phenoxy) is 1. The Labute approximate surface area is 235 Å². The van der Waals surface area contributed by atoms with E-state index in [2.05, 4.69) is 16.7 Å². The number of phenolic OH excluding ortho intramolecular Hbond substituents is 1. The number of carbonyl (C=O) groups excluding carboxylic acids is 3. The number of para-hydroxylation sites is 1. The molecule has 3 rings (SSSR count). The van der Waals surface area contributed by atoms with Crippen LogP contribution in [0.15, 0.2) is 72.8 Å². The molecule has 0 aliphatic rings. The molecule has 8 nitrogen and oxygen atoms in total. The van der Waals surface area contributed by atoms with Gasteiger partial charge in [0.2, 0.25) is 0 Å². The SMILES string of the molecule is C#CN(C(=O)C(Cc1ccc(O)cc1)NC(=O)OC(C)(C)C)C(C(=O)Nc1ccccc1C)c1ccccc1C. The number of alkyl carbamates (subject to hydrolysis) is 1. The standard InChI is InChI=1S/C32H35N3O5/c1-7-35(28(25-14-10-8-12-21(25)2)29(37)33-26-15-11-9-13-22(26)3)30(38)27(34-31(39)40-32(4,5)6)20-23-16-18-24(36)19-17-23/h1,8-19,27-28,36H,20H2,2-6H3,(H,33,37)(H,34,39). The van der Waals surface area contributed by atoms with Gasteiger partial charge in [0.05, 0.1) is 0 Å². The summed E-state index contributed by atoms with van der Waals surface area (Å²) in [6.45, 7) is 8.82. The van der Waals surface area contributed by atoms with Crippen molar-refractivity contribution < 1.29 is 24.2 Å². The number of phenols is 1. The largest absolute Gasteiger partial charge is 0.508 e. The van der Waals surface area contributed by atoms with E-state index >= 15 is 0 Å². The summed E-state index contributed by atoms with van der Waals surface area (Å²) >= 11 is 0. The van der Waals surface area contributed by atoms with Crippen LogP contribution in [-0.4, -0.2) is 39.6 Å². The number of hydrogen-bond acceptors (Lipinski definition) is 5. The molecule has 2 atom stereocenters. The van der Waals surface area contributed by atoms with Crippen LogP contribution in [0.2, 0.25) is 0 Å². The summed E-state index contributed by atoms with van der Waals surface area (Å²) in [6.07, 6.45) is 5.14. The highest BCUT2D eigenvalue weighted by atomic mass is 16.6. The highest BCUT2D eigenvalue weighted by molar-refractivity contribution is 6.00. The summed E-state index contributed by atoms with van der Waals surface area (Å²) in [5.74, 6) is -1.12. The summed E-state index contributed by atoms with van der Waals surface area (Å²) in [6, 6.07) is 20.7. The second-order valence-electron chi connectivity index (χ2n) is 10.5. The quantitative estimate of drug-likeness (QED) is 0.267. The molecule has 0 saturated carbocycles. The van der Waals surface area contributed by atoms with Gasteiger partial charge in [-0.1, -0.05) is 61.0 Å². The van der Waals surface area contributed by atoms with Gasteiger partial charge in [-0.2, -0.15) is 0 Å². The zero-order valence-corrected chi connectivity index (χ0v) is 23.4.